The van der Waals surface area contributed by atoms with Crippen molar-refractivity contribution >= 4 is 5.78 Å². The fourth-order valence-electron chi connectivity index (χ4n) is 2.14. The zero-order chi connectivity index (χ0) is 14.7. The zero-order valence-electron chi connectivity index (χ0n) is 12.0. The quantitative estimate of drug-likeness (QED) is 0.444. The minimum Gasteiger partial charge on any atom is -0.512 e. The van der Waals surface area contributed by atoms with Gasteiger partial charge in [0.05, 0.1) is 19.1 Å². The fourth-order valence-corrected chi connectivity index (χ4v) is 2.14. The second kappa shape index (κ2) is 10.9. The van der Waals surface area contributed by atoms with Crippen LogP contribution in [0, 0.1) is 11.8 Å². The predicted octanol–water partition coefficient (Wildman–Crippen LogP) is 4.55. The number of aliphatic hydroxyl groups excluding tert-OH is 1. The summed E-state index contributed by atoms with van der Waals surface area (Å²) in [6.07, 6.45) is 4.40. The van der Waals surface area contributed by atoms with Crippen molar-refractivity contribution in [2.45, 2.75) is 52.4 Å². The molecule has 0 bridgehead atoms. The summed E-state index contributed by atoms with van der Waals surface area (Å²) >= 11 is 0. The van der Waals surface area contributed by atoms with Gasteiger partial charge in [0.15, 0.2) is 5.78 Å². The molecule has 0 amide bonds. The number of aliphatic hydroxyl groups is 1. The molecular formula is C15H26F2O2. The minimum absolute atomic E-state index is 0.0413. The van der Waals surface area contributed by atoms with Crippen LogP contribution >= 0.6 is 0 Å². The van der Waals surface area contributed by atoms with E-state index in [0.29, 0.717) is 38.5 Å². The maximum atomic E-state index is 12.1. The van der Waals surface area contributed by atoms with Crippen LogP contribution in [0.1, 0.15) is 52.4 Å². The lowest BCUT2D eigenvalue weighted by atomic mass is 9.92. The van der Waals surface area contributed by atoms with Gasteiger partial charge in [0.2, 0.25) is 0 Å². The SMILES string of the molecule is CCC(CCCF)C(=O)/C=C(\O)C(CC)CCCF. The van der Waals surface area contributed by atoms with Crippen molar-refractivity contribution < 1.29 is 18.7 Å². The summed E-state index contributed by atoms with van der Waals surface area (Å²) in [6, 6.07) is 0. The molecule has 0 rings (SSSR count). The van der Waals surface area contributed by atoms with Crippen LogP contribution in [0.4, 0.5) is 8.78 Å². The van der Waals surface area contributed by atoms with Gasteiger partial charge >= 0.3 is 0 Å². The summed E-state index contributed by atoms with van der Waals surface area (Å²) in [5.41, 5.74) is 0. The molecule has 2 unspecified atom stereocenters. The molecule has 0 aliphatic heterocycles. The normalized spacial score (nSPS) is 15.3. The maximum absolute atomic E-state index is 12.1. The third-order valence-corrected chi connectivity index (χ3v) is 3.47. The number of halogens is 2. The second-order valence-corrected chi connectivity index (χ2v) is 4.84. The Morgan fingerprint density at radius 2 is 1.53 bits per heavy atom. The van der Waals surface area contributed by atoms with Gasteiger partial charge < -0.3 is 5.11 Å². The van der Waals surface area contributed by atoms with E-state index in [0.717, 1.165) is 0 Å². The first kappa shape index (κ1) is 18.1. The largest absolute Gasteiger partial charge is 0.512 e. The van der Waals surface area contributed by atoms with Crippen LogP contribution in [-0.2, 0) is 4.79 Å². The van der Waals surface area contributed by atoms with E-state index >= 15 is 0 Å². The van der Waals surface area contributed by atoms with Gasteiger partial charge in [-0.2, -0.15) is 0 Å². The molecule has 0 spiro atoms. The first-order valence-electron chi connectivity index (χ1n) is 7.16. The van der Waals surface area contributed by atoms with Crippen molar-refractivity contribution in [3.8, 4) is 0 Å². The van der Waals surface area contributed by atoms with Crippen molar-refractivity contribution in [2.75, 3.05) is 13.3 Å². The molecule has 112 valence electrons. The van der Waals surface area contributed by atoms with Crippen LogP contribution in [0.5, 0.6) is 0 Å². The van der Waals surface area contributed by atoms with E-state index in [1.165, 1.54) is 6.08 Å². The lowest BCUT2D eigenvalue weighted by molar-refractivity contribution is -0.118. The van der Waals surface area contributed by atoms with E-state index in [1.54, 1.807) is 0 Å². The molecular weight excluding hydrogens is 250 g/mol. The van der Waals surface area contributed by atoms with Crippen molar-refractivity contribution in [3.63, 3.8) is 0 Å². The Balaban J connectivity index is 4.54. The summed E-state index contributed by atoms with van der Waals surface area (Å²) in [5.74, 6) is -0.484. The molecule has 1 N–H and O–H groups in total. The average molecular weight is 276 g/mol. The number of allylic oxidation sites excluding steroid dienone is 2. The Hall–Kier alpha value is -0.930. The maximum Gasteiger partial charge on any atom is 0.162 e. The molecule has 0 aliphatic rings. The number of carbonyl (C=O) groups excluding carboxylic acids is 1. The van der Waals surface area contributed by atoms with E-state index in [9.17, 15) is 18.7 Å². The molecule has 2 atom stereocenters. The van der Waals surface area contributed by atoms with Gasteiger partial charge in [0.1, 0.15) is 0 Å². The number of ketones is 1. The summed E-state index contributed by atoms with van der Waals surface area (Å²) in [4.78, 5) is 12.0. The van der Waals surface area contributed by atoms with E-state index in [-0.39, 0.29) is 23.4 Å². The summed E-state index contributed by atoms with van der Waals surface area (Å²) in [7, 11) is 0. The van der Waals surface area contributed by atoms with Gasteiger partial charge in [0.25, 0.3) is 0 Å². The van der Waals surface area contributed by atoms with E-state index in [2.05, 4.69) is 0 Å². The second-order valence-electron chi connectivity index (χ2n) is 4.84. The zero-order valence-corrected chi connectivity index (χ0v) is 12.0. The predicted molar refractivity (Wildman–Crippen MR) is 73.7 cm³/mol. The van der Waals surface area contributed by atoms with Crippen LogP contribution in [0.15, 0.2) is 11.8 Å². The van der Waals surface area contributed by atoms with Gasteiger partial charge in [-0.3, -0.25) is 13.6 Å². The standard InChI is InChI=1S/C15H26F2O2/c1-3-12(7-5-9-16)14(18)11-15(19)13(4-2)8-6-10-17/h11-13,18H,3-10H2,1-2H3/b14-11-. The van der Waals surface area contributed by atoms with Gasteiger partial charge in [-0.25, -0.2) is 0 Å². The van der Waals surface area contributed by atoms with Crippen LogP contribution in [0.3, 0.4) is 0 Å². The first-order chi connectivity index (χ1) is 9.10. The topological polar surface area (TPSA) is 37.3 Å². The molecule has 0 saturated heterocycles. The summed E-state index contributed by atoms with van der Waals surface area (Å²) in [6.45, 7) is 2.95. The van der Waals surface area contributed by atoms with Gasteiger partial charge in [-0.15, -0.1) is 0 Å². The Bertz CT molecular complexity index is 277. The molecule has 0 aliphatic carbocycles. The summed E-state index contributed by atoms with van der Waals surface area (Å²) in [5, 5.41) is 9.92. The molecule has 0 aromatic heterocycles. The highest BCUT2D eigenvalue weighted by Crippen LogP contribution is 2.21. The lowest BCUT2D eigenvalue weighted by Gasteiger charge is -2.15. The van der Waals surface area contributed by atoms with Crippen molar-refractivity contribution in [1.29, 1.82) is 0 Å². The molecule has 19 heavy (non-hydrogen) atoms. The molecule has 0 fully saturated rings. The fraction of sp³-hybridized carbons (Fsp3) is 0.800. The van der Waals surface area contributed by atoms with E-state index < -0.39 is 13.3 Å². The molecule has 0 radical (unpaired) electrons. The van der Waals surface area contributed by atoms with Gasteiger partial charge in [-0.05, 0) is 38.5 Å². The van der Waals surface area contributed by atoms with Gasteiger partial charge in [0, 0.05) is 17.9 Å². The Morgan fingerprint density at radius 1 is 1.05 bits per heavy atom. The van der Waals surface area contributed by atoms with Crippen molar-refractivity contribution in [1.82, 2.24) is 0 Å². The number of rotatable bonds is 11. The van der Waals surface area contributed by atoms with Crippen LogP contribution in [0.2, 0.25) is 0 Å². The molecule has 0 saturated carbocycles. The highest BCUT2D eigenvalue weighted by Gasteiger charge is 2.18. The monoisotopic (exact) mass is 276 g/mol. The lowest BCUT2D eigenvalue weighted by Crippen LogP contribution is -2.14. The molecule has 0 heterocycles. The van der Waals surface area contributed by atoms with Gasteiger partial charge in [-0.1, -0.05) is 13.8 Å². The van der Waals surface area contributed by atoms with Crippen LogP contribution in [-0.4, -0.2) is 24.2 Å². The number of hydrogen-bond acceptors (Lipinski definition) is 2. The highest BCUT2D eigenvalue weighted by atomic mass is 19.1. The van der Waals surface area contributed by atoms with Crippen LogP contribution < -0.4 is 0 Å². The highest BCUT2D eigenvalue weighted by molar-refractivity contribution is 5.92. The molecule has 4 heteroatoms. The number of alkyl halides is 2. The Morgan fingerprint density at radius 3 is 1.95 bits per heavy atom. The van der Waals surface area contributed by atoms with Crippen LogP contribution in [0.25, 0.3) is 0 Å². The number of carbonyl (C=O) groups is 1. The third-order valence-electron chi connectivity index (χ3n) is 3.47. The van der Waals surface area contributed by atoms with E-state index in [1.807, 2.05) is 13.8 Å². The smallest absolute Gasteiger partial charge is 0.162 e. The number of hydrogen-bond donors (Lipinski definition) is 1. The van der Waals surface area contributed by atoms with E-state index in [4.69, 9.17) is 0 Å². The Labute approximate surface area is 114 Å². The van der Waals surface area contributed by atoms with Crippen molar-refractivity contribution in [2.24, 2.45) is 11.8 Å². The van der Waals surface area contributed by atoms with Crippen molar-refractivity contribution in [3.05, 3.63) is 11.8 Å². The average Bonchev–Trinajstić information content (AvgIpc) is 2.40. The molecule has 0 aromatic rings. The molecule has 0 aromatic carbocycles. The molecule has 2 nitrogen and oxygen atoms in total. The first-order valence-corrected chi connectivity index (χ1v) is 7.16. The third kappa shape index (κ3) is 7.28. The minimum atomic E-state index is -0.423. The Kier molecular flexibility index (Phi) is 10.4. The summed E-state index contributed by atoms with van der Waals surface area (Å²) < 4.78 is 24.3.